The molecule has 1 unspecified atom stereocenters. The Hall–Kier alpha value is -2.18. The second kappa shape index (κ2) is 6.37. The van der Waals surface area contributed by atoms with E-state index in [4.69, 9.17) is 5.73 Å². The number of fused-ring (bicyclic) bond motifs is 1. The van der Waals surface area contributed by atoms with Crippen LogP contribution in [-0.2, 0) is 6.54 Å². The van der Waals surface area contributed by atoms with Crippen LogP contribution < -0.4 is 5.73 Å². The quantitative estimate of drug-likeness (QED) is 0.764. The summed E-state index contributed by atoms with van der Waals surface area (Å²) >= 11 is 1.43. The number of thiazole rings is 1. The monoisotopic (exact) mass is 340 g/mol. The van der Waals surface area contributed by atoms with Gasteiger partial charge in [0, 0.05) is 18.3 Å². The van der Waals surface area contributed by atoms with Crippen LogP contribution in [0.2, 0.25) is 0 Å². The van der Waals surface area contributed by atoms with E-state index in [1.54, 1.807) is 6.20 Å². The molecule has 0 bridgehead atoms. The van der Waals surface area contributed by atoms with Gasteiger partial charge in [-0.2, -0.15) is 0 Å². The molecule has 0 aliphatic carbocycles. The maximum Gasteiger partial charge on any atom is 0.260 e. The lowest BCUT2D eigenvalue weighted by Gasteiger charge is -2.34. The molecule has 1 aliphatic heterocycles. The van der Waals surface area contributed by atoms with Crippen molar-refractivity contribution in [2.45, 2.75) is 31.8 Å². The van der Waals surface area contributed by atoms with Crippen molar-refractivity contribution < 1.29 is 4.79 Å². The van der Waals surface area contributed by atoms with E-state index < -0.39 is 5.91 Å². The summed E-state index contributed by atoms with van der Waals surface area (Å²) in [6.45, 7) is 1.95. The highest BCUT2D eigenvalue weighted by molar-refractivity contribution is 7.13. The van der Waals surface area contributed by atoms with Gasteiger partial charge in [0.25, 0.3) is 5.91 Å². The number of carbonyl (C=O) groups is 1. The molecule has 0 radical (unpaired) electrons. The van der Waals surface area contributed by atoms with Crippen molar-refractivity contribution in [1.29, 1.82) is 0 Å². The van der Waals surface area contributed by atoms with E-state index in [0.717, 1.165) is 24.5 Å². The van der Waals surface area contributed by atoms with Gasteiger partial charge in [-0.25, -0.2) is 4.98 Å². The molecule has 4 rings (SSSR count). The Kier molecular flexibility index (Phi) is 4.08. The third-order valence-corrected chi connectivity index (χ3v) is 5.78. The van der Waals surface area contributed by atoms with E-state index in [1.165, 1.54) is 40.6 Å². The molecule has 5 nitrogen and oxygen atoms in total. The molecule has 1 aliphatic rings. The summed E-state index contributed by atoms with van der Waals surface area (Å²) < 4.78 is 0. The number of likely N-dealkylation sites (tertiary alicyclic amines) is 1. The Morgan fingerprint density at radius 2 is 2.29 bits per heavy atom. The number of nitrogens with one attached hydrogen (secondary N) is 1. The van der Waals surface area contributed by atoms with Crippen molar-refractivity contribution in [3.63, 3.8) is 0 Å². The lowest BCUT2D eigenvalue weighted by atomic mass is 10.0. The van der Waals surface area contributed by atoms with Crippen LogP contribution in [0.25, 0.3) is 10.9 Å². The van der Waals surface area contributed by atoms with Gasteiger partial charge in [-0.15, -0.1) is 11.3 Å². The number of aromatic nitrogens is 2. The molecule has 2 aromatic heterocycles. The van der Waals surface area contributed by atoms with E-state index in [-0.39, 0.29) is 6.04 Å². The molecular formula is C18H20N4OS. The fourth-order valence-electron chi connectivity index (χ4n) is 3.44. The first-order chi connectivity index (χ1) is 11.7. The number of piperidine rings is 1. The van der Waals surface area contributed by atoms with Crippen molar-refractivity contribution in [3.8, 4) is 0 Å². The summed E-state index contributed by atoms with van der Waals surface area (Å²) in [5.41, 5.74) is 7.84. The van der Waals surface area contributed by atoms with Crippen LogP contribution in [0, 0.1) is 0 Å². The highest BCUT2D eigenvalue weighted by Gasteiger charge is 2.27. The van der Waals surface area contributed by atoms with Gasteiger partial charge in [0.1, 0.15) is 9.88 Å². The number of H-pyrrole nitrogens is 1. The molecule has 3 N–H and O–H groups in total. The van der Waals surface area contributed by atoms with Gasteiger partial charge in [0.05, 0.1) is 12.2 Å². The number of rotatable bonds is 4. The normalized spacial score (nSPS) is 18.9. The van der Waals surface area contributed by atoms with E-state index in [9.17, 15) is 4.79 Å². The van der Waals surface area contributed by atoms with Crippen LogP contribution in [0.4, 0.5) is 0 Å². The number of aromatic amines is 1. The van der Waals surface area contributed by atoms with Crippen LogP contribution >= 0.6 is 11.3 Å². The van der Waals surface area contributed by atoms with Crippen LogP contribution in [0.1, 0.15) is 45.5 Å². The van der Waals surface area contributed by atoms with E-state index in [2.05, 4.69) is 39.1 Å². The SMILES string of the molecule is NC(=O)c1cnc(C2CCCCN2Cc2ccc3cc[nH]c3c2)s1. The van der Waals surface area contributed by atoms with Crippen molar-refractivity contribution in [1.82, 2.24) is 14.9 Å². The summed E-state index contributed by atoms with van der Waals surface area (Å²) in [6.07, 6.45) is 7.06. The minimum Gasteiger partial charge on any atom is -0.365 e. The van der Waals surface area contributed by atoms with Crippen LogP contribution in [0.3, 0.4) is 0 Å². The summed E-state index contributed by atoms with van der Waals surface area (Å²) in [7, 11) is 0. The van der Waals surface area contributed by atoms with Crippen molar-refractivity contribution >= 4 is 28.1 Å². The number of primary amides is 1. The third-order valence-electron chi connectivity index (χ3n) is 4.67. The van der Waals surface area contributed by atoms with Crippen LogP contribution in [0.5, 0.6) is 0 Å². The Bertz CT molecular complexity index is 869. The predicted molar refractivity (Wildman–Crippen MR) is 95.9 cm³/mol. The Balaban J connectivity index is 1.57. The number of nitrogens with zero attached hydrogens (tertiary/aromatic N) is 2. The van der Waals surface area contributed by atoms with Gasteiger partial charge in [-0.05, 0) is 42.5 Å². The zero-order chi connectivity index (χ0) is 16.5. The first-order valence-corrected chi connectivity index (χ1v) is 9.08. The van der Waals surface area contributed by atoms with Gasteiger partial charge in [0.15, 0.2) is 0 Å². The number of hydrogen-bond donors (Lipinski definition) is 2. The Morgan fingerprint density at radius 3 is 3.12 bits per heavy atom. The minimum atomic E-state index is -0.390. The molecule has 1 aromatic carbocycles. The number of hydrogen-bond acceptors (Lipinski definition) is 4. The molecule has 0 saturated carbocycles. The second-order valence-corrected chi connectivity index (χ2v) is 7.37. The topological polar surface area (TPSA) is 75.0 Å². The Labute approximate surface area is 144 Å². The average Bonchev–Trinajstić information content (AvgIpc) is 3.24. The molecule has 6 heteroatoms. The predicted octanol–water partition coefficient (Wildman–Crippen LogP) is 3.45. The number of amides is 1. The summed E-state index contributed by atoms with van der Waals surface area (Å²) in [5, 5.41) is 2.24. The molecule has 1 amide bonds. The maximum absolute atomic E-state index is 11.3. The van der Waals surface area contributed by atoms with E-state index in [0.29, 0.717) is 4.88 Å². The van der Waals surface area contributed by atoms with Gasteiger partial charge in [-0.3, -0.25) is 9.69 Å². The summed E-state index contributed by atoms with van der Waals surface area (Å²) in [6, 6.07) is 8.94. The first kappa shape index (κ1) is 15.4. The lowest BCUT2D eigenvalue weighted by Crippen LogP contribution is -2.32. The van der Waals surface area contributed by atoms with E-state index >= 15 is 0 Å². The molecule has 1 atom stereocenters. The fraction of sp³-hybridized carbons (Fsp3) is 0.333. The van der Waals surface area contributed by atoms with Gasteiger partial charge in [0.2, 0.25) is 0 Å². The summed E-state index contributed by atoms with van der Waals surface area (Å²) in [4.78, 5) is 22.1. The molecule has 1 saturated heterocycles. The van der Waals surface area contributed by atoms with Crippen LogP contribution in [-0.4, -0.2) is 27.3 Å². The molecule has 24 heavy (non-hydrogen) atoms. The van der Waals surface area contributed by atoms with Gasteiger partial charge >= 0.3 is 0 Å². The number of benzene rings is 1. The number of nitrogens with two attached hydrogens (primary N) is 1. The minimum absolute atomic E-state index is 0.274. The molecule has 124 valence electrons. The molecule has 0 spiro atoms. The smallest absolute Gasteiger partial charge is 0.260 e. The van der Waals surface area contributed by atoms with Gasteiger partial charge in [-0.1, -0.05) is 18.6 Å². The zero-order valence-electron chi connectivity index (χ0n) is 13.4. The molecule has 1 fully saturated rings. The van der Waals surface area contributed by atoms with Crippen molar-refractivity contribution in [2.75, 3.05) is 6.54 Å². The maximum atomic E-state index is 11.3. The standard InChI is InChI=1S/C18H20N4OS/c19-17(23)16-10-21-18(24-16)15-3-1-2-8-22(15)11-12-4-5-13-6-7-20-14(13)9-12/h4-7,9-10,15,20H,1-3,8,11H2,(H2,19,23). The third kappa shape index (κ3) is 2.95. The average molecular weight is 340 g/mol. The molecular weight excluding hydrogens is 320 g/mol. The van der Waals surface area contributed by atoms with Crippen molar-refractivity contribution in [3.05, 3.63) is 52.1 Å². The van der Waals surface area contributed by atoms with Gasteiger partial charge < -0.3 is 10.7 Å². The largest absolute Gasteiger partial charge is 0.365 e. The summed E-state index contributed by atoms with van der Waals surface area (Å²) in [5.74, 6) is -0.390. The van der Waals surface area contributed by atoms with Crippen molar-refractivity contribution in [2.24, 2.45) is 5.73 Å². The van der Waals surface area contributed by atoms with Crippen LogP contribution in [0.15, 0.2) is 36.7 Å². The Morgan fingerprint density at radius 1 is 1.38 bits per heavy atom. The lowest BCUT2D eigenvalue weighted by molar-refractivity contribution is 0.100. The number of carbonyl (C=O) groups excluding carboxylic acids is 1. The molecule has 3 heterocycles. The highest BCUT2D eigenvalue weighted by atomic mass is 32.1. The highest BCUT2D eigenvalue weighted by Crippen LogP contribution is 2.34. The zero-order valence-corrected chi connectivity index (χ0v) is 14.2. The second-order valence-electron chi connectivity index (χ2n) is 6.31. The van der Waals surface area contributed by atoms with E-state index in [1.807, 2.05) is 6.20 Å². The molecule has 3 aromatic rings. The first-order valence-electron chi connectivity index (χ1n) is 8.26. The fourth-order valence-corrected chi connectivity index (χ4v) is 4.38.